The van der Waals surface area contributed by atoms with Gasteiger partial charge in [-0.3, -0.25) is 4.90 Å². The number of rotatable bonds is 8. The van der Waals surface area contributed by atoms with E-state index in [2.05, 4.69) is 9.64 Å². The third-order valence-corrected chi connectivity index (χ3v) is 8.95. The zero-order valence-corrected chi connectivity index (χ0v) is 18.4. The number of hydrogen-bond acceptors (Lipinski definition) is 7. The maximum Gasteiger partial charge on any atom is 0.573 e. The molecule has 0 radical (unpaired) electrons. The van der Waals surface area contributed by atoms with Gasteiger partial charge in [-0.2, -0.15) is 4.31 Å². The SMILES string of the molecule is O=S1(=O)CC[C@H](N(CCCN2CCOCC2)S(=O)(=O)c2ccc(OC(F)(F)F)cc2)C1. The van der Waals surface area contributed by atoms with Crippen molar-refractivity contribution >= 4 is 19.9 Å². The van der Waals surface area contributed by atoms with Crippen molar-refractivity contribution < 1.29 is 39.5 Å². The second-order valence-corrected chi connectivity index (χ2v) is 11.6. The van der Waals surface area contributed by atoms with Crippen LogP contribution in [0, 0.1) is 0 Å². The van der Waals surface area contributed by atoms with Gasteiger partial charge in [0.25, 0.3) is 0 Å². The van der Waals surface area contributed by atoms with Crippen molar-refractivity contribution in [3.63, 3.8) is 0 Å². The van der Waals surface area contributed by atoms with Gasteiger partial charge in [0.2, 0.25) is 10.0 Å². The lowest BCUT2D eigenvalue weighted by atomic mass is 10.2. The molecule has 0 spiro atoms. The molecule has 2 aliphatic rings. The van der Waals surface area contributed by atoms with Crippen molar-refractivity contribution in [2.45, 2.75) is 30.1 Å². The fourth-order valence-corrected chi connectivity index (χ4v) is 7.24. The van der Waals surface area contributed by atoms with Gasteiger partial charge in [0.1, 0.15) is 5.75 Å². The number of sulfonamides is 1. The van der Waals surface area contributed by atoms with Crippen LogP contribution >= 0.6 is 0 Å². The molecule has 13 heteroatoms. The number of alkyl halides is 3. The number of halogens is 3. The van der Waals surface area contributed by atoms with Gasteiger partial charge in [-0.05, 0) is 43.7 Å². The van der Waals surface area contributed by atoms with E-state index in [1.165, 1.54) is 4.31 Å². The average molecular weight is 487 g/mol. The Balaban J connectivity index is 1.76. The molecule has 1 aromatic carbocycles. The maximum atomic E-state index is 13.2. The second-order valence-electron chi connectivity index (χ2n) is 7.50. The Morgan fingerprint density at radius 1 is 1.16 bits per heavy atom. The summed E-state index contributed by atoms with van der Waals surface area (Å²) in [7, 11) is -7.44. The third-order valence-electron chi connectivity index (χ3n) is 5.24. The Hall–Kier alpha value is -1.41. The van der Waals surface area contributed by atoms with Crippen LogP contribution in [0.4, 0.5) is 13.2 Å². The van der Waals surface area contributed by atoms with Crippen LogP contribution in [0.15, 0.2) is 29.2 Å². The first-order valence-corrected chi connectivity index (χ1v) is 13.1. The zero-order valence-electron chi connectivity index (χ0n) is 16.8. The lowest BCUT2D eigenvalue weighted by molar-refractivity contribution is -0.274. The maximum absolute atomic E-state index is 13.2. The van der Waals surface area contributed by atoms with Crippen LogP contribution in [-0.4, -0.2) is 89.3 Å². The van der Waals surface area contributed by atoms with Crippen LogP contribution in [0.5, 0.6) is 5.75 Å². The summed E-state index contributed by atoms with van der Waals surface area (Å²) in [6.07, 6.45) is -4.20. The summed E-state index contributed by atoms with van der Waals surface area (Å²) in [4.78, 5) is 1.93. The van der Waals surface area contributed by atoms with Crippen molar-refractivity contribution in [1.82, 2.24) is 9.21 Å². The highest BCUT2D eigenvalue weighted by Crippen LogP contribution is 2.28. The molecule has 0 N–H and O–H groups in total. The summed E-state index contributed by atoms with van der Waals surface area (Å²) in [6.45, 7) is 3.44. The summed E-state index contributed by atoms with van der Waals surface area (Å²) >= 11 is 0. The van der Waals surface area contributed by atoms with Gasteiger partial charge in [-0.1, -0.05) is 0 Å². The molecule has 0 amide bonds. The van der Waals surface area contributed by atoms with E-state index in [9.17, 15) is 30.0 Å². The van der Waals surface area contributed by atoms with Gasteiger partial charge < -0.3 is 9.47 Å². The number of benzene rings is 1. The minimum absolute atomic E-state index is 0.0918. The van der Waals surface area contributed by atoms with Crippen molar-refractivity contribution in [2.24, 2.45) is 0 Å². The standard InChI is InChI=1S/C18H25F3N2O6S2/c19-18(20,21)29-16-2-4-17(5-3-16)31(26,27)23(15-6-13-30(24,25)14-15)8-1-7-22-9-11-28-12-10-22/h2-5,15H,1,6-14H2/t15-/m0/s1. The summed E-state index contributed by atoms with van der Waals surface area (Å²) in [5.74, 6) is -0.890. The Labute approximate surface area is 179 Å². The molecule has 0 aromatic heterocycles. The monoisotopic (exact) mass is 486 g/mol. The normalized spacial score (nSPS) is 22.6. The van der Waals surface area contributed by atoms with E-state index >= 15 is 0 Å². The third kappa shape index (κ3) is 6.78. The topological polar surface area (TPSA) is 93.2 Å². The Morgan fingerprint density at radius 2 is 1.81 bits per heavy atom. The van der Waals surface area contributed by atoms with Gasteiger partial charge in [-0.15, -0.1) is 13.2 Å². The Kier molecular flexibility index (Phi) is 7.51. The van der Waals surface area contributed by atoms with Gasteiger partial charge in [0.15, 0.2) is 9.84 Å². The van der Waals surface area contributed by atoms with E-state index in [0.717, 1.165) is 37.4 Å². The number of hydrogen-bond donors (Lipinski definition) is 0. The summed E-state index contributed by atoms with van der Waals surface area (Å²) in [5, 5.41) is 0. The van der Waals surface area contributed by atoms with Crippen molar-refractivity contribution in [3.05, 3.63) is 24.3 Å². The van der Waals surface area contributed by atoms with Gasteiger partial charge in [0, 0.05) is 25.7 Å². The minimum atomic E-state index is -4.88. The smallest absolute Gasteiger partial charge is 0.406 e. The van der Waals surface area contributed by atoms with Gasteiger partial charge in [0.05, 0.1) is 29.6 Å². The van der Waals surface area contributed by atoms with Crippen LogP contribution in [-0.2, 0) is 24.6 Å². The molecular formula is C18H25F3N2O6S2. The van der Waals surface area contributed by atoms with E-state index in [0.29, 0.717) is 26.2 Å². The number of ether oxygens (including phenoxy) is 2. The van der Waals surface area contributed by atoms with E-state index in [-0.39, 0.29) is 29.4 Å². The summed E-state index contributed by atoms with van der Waals surface area (Å²) in [5.41, 5.74) is 0. The second kappa shape index (κ2) is 9.61. The summed E-state index contributed by atoms with van der Waals surface area (Å²) in [6, 6.07) is 3.23. The quantitative estimate of drug-likeness (QED) is 0.550. The van der Waals surface area contributed by atoms with E-state index < -0.39 is 38.0 Å². The van der Waals surface area contributed by atoms with Crippen LogP contribution in [0.2, 0.25) is 0 Å². The molecular weight excluding hydrogens is 461 g/mol. The highest BCUT2D eigenvalue weighted by atomic mass is 32.2. The zero-order chi connectivity index (χ0) is 22.7. The fraction of sp³-hybridized carbons (Fsp3) is 0.667. The molecule has 0 aliphatic carbocycles. The molecule has 0 saturated carbocycles. The van der Waals surface area contributed by atoms with Gasteiger partial charge in [-0.25, -0.2) is 16.8 Å². The minimum Gasteiger partial charge on any atom is -0.406 e. The largest absolute Gasteiger partial charge is 0.573 e. The van der Waals surface area contributed by atoms with Crippen molar-refractivity contribution in [3.8, 4) is 5.75 Å². The van der Waals surface area contributed by atoms with Crippen molar-refractivity contribution in [1.29, 1.82) is 0 Å². The molecule has 1 atom stereocenters. The molecule has 31 heavy (non-hydrogen) atoms. The lowest BCUT2D eigenvalue weighted by Crippen LogP contribution is -2.43. The molecule has 2 heterocycles. The molecule has 3 rings (SSSR count). The molecule has 2 fully saturated rings. The molecule has 176 valence electrons. The van der Waals surface area contributed by atoms with E-state index in [4.69, 9.17) is 4.74 Å². The highest BCUT2D eigenvalue weighted by molar-refractivity contribution is 7.92. The number of nitrogens with zero attached hydrogens (tertiary/aromatic N) is 2. The predicted molar refractivity (Wildman–Crippen MR) is 106 cm³/mol. The first-order chi connectivity index (χ1) is 14.5. The number of sulfone groups is 1. The van der Waals surface area contributed by atoms with Crippen LogP contribution in [0.3, 0.4) is 0 Å². The summed E-state index contributed by atoms with van der Waals surface area (Å²) < 4.78 is 97.7. The number of morpholine rings is 1. The first kappa shape index (κ1) is 24.2. The molecule has 1 aromatic rings. The Morgan fingerprint density at radius 3 is 2.35 bits per heavy atom. The lowest BCUT2D eigenvalue weighted by Gasteiger charge is -2.30. The molecule has 2 aliphatic heterocycles. The molecule has 2 saturated heterocycles. The molecule has 8 nitrogen and oxygen atoms in total. The van der Waals surface area contributed by atoms with E-state index in [1.54, 1.807) is 0 Å². The average Bonchev–Trinajstić information content (AvgIpc) is 3.04. The first-order valence-electron chi connectivity index (χ1n) is 9.84. The molecule has 0 bridgehead atoms. The Bertz CT molecular complexity index is 946. The van der Waals surface area contributed by atoms with Crippen LogP contribution < -0.4 is 4.74 Å². The van der Waals surface area contributed by atoms with Crippen molar-refractivity contribution in [2.75, 3.05) is 50.9 Å². The van der Waals surface area contributed by atoms with E-state index in [1.807, 2.05) is 0 Å². The van der Waals surface area contributed by atoms with Crippen LogP contribution in [0.25, 0.3) is 0 Å². The van der Waals surface area contributed by atoms with Gasteiger partial charge >= 0.3 is 6.36 Å². The fourth-order valence-electron chi connectivity index (χ4n) is 3.73. The molecule has 0 unspecified atom stereocenters. The van der Waals surface area contributed by atoms with Crippen LogP contribution in [0.1, 0.15) is 12.8 Å². The predicted octanol–water partition coefficient (Wildman–Crippen LogP) is 1.49. The highest BCUT2D eigenvalue weighted by Gasteiger charge is 2.39.